The molecule has 3 rings (SSSR count). The number of amides is 1. The molecule has 23 heavy (non-hydrogen) atoms. The van der Waals surface area contributed by atoms with Crippen molar-refractivity contribution in [3.63, 3.8) is 0 Å². The van der Waals surface area contributed by atoms with Crippen LogP contribution in [0.25, 0.3) is 0 Å². The Hall–Kier alpha value is -1.56. The molecule has 1 atom stereocenters. The second-order valence-electron chi connectivity index (χ2n) is 6.62. The lowest BCUT2D eigenvalue weighted by Gasteiger charge is -2.24. The first kappa shape index (κ1) is 16.3. The zero-order valence-corrected chi connectivity index (χ0v) is 12.9. The molecule has 2 N–H and O–H groups in total. The summed E-state index contributed by atoms with van der Waals surface area (Å²) < 4.78 is 38.6. The van der Waals surface area contributed by atoms with E-state index in [1.807, 2.05) is 0 Å². The highest BCUT2D eigenvalue weighted by Gasteiger charge is 2.45. The van der Waals surface area contributed by atoms with Gasteiger partial charge in [-0.05, 0) is 43.9 Å². The SMILES string of the molecule is O=C(NCC1(c2cccc(C(F)(F)F)c2)CC1)C1CCCNC1. The van der Waals surface area contributed by atoms with E-state index < -0.39 is 11.7 Å². The van der Waals surface area contributed by atoms with Crippen LogP contribution in [0, 0.1) is 5.92 Å². The Bertz CT molecular complexity index is 575. The molecule has 2 fully saturated rings. The van der Waals surface area contributed by atoms with Gasteiger partial charge >= 0.3 is 6.18 Å². The van der Waals surface area contributed by atoms with Crippen molar-refractivity contribution in [1.29, 1.82) is 0 Å². The van der Waals surface area contributed by atoms with Crippen LogP contribution in [0.3, 0.4) is 0 Å². The molecule has 1 unspecified atom stereocenters. The minimum Gasteiger partial charge on any atom is -0.355 e. The second-order valence-corrected chi connectivity index (χ2v) is 6.62. The molecule has 2 aliphatic rings. The molecule has 1 aromatic carbocycles. The highest BCUT2D eigenvalue weighted by Crippen LogP contribution is 2.48. The van der Waals surface area contributed by atoms with Crippen molar-refractivity contribution >= 4 is 5.91 Å². The number of alkyl halides is 3. The summed E-state index contributed by atoms with van der Waals surface area (Å²) in [5.74, 6) is -0.0171. The van der Waals surface area contributed by atoms with Crippen LogP contribution in [-0.2, 0) is 16.4 Å². The summed E-state index contributed by atoms with van der Waals surface area (Å²) in [6, 6.07) is 5.49. The molecule has 1 saturated carbocycles. The van der Waals surface area contributed by atoms with Crippen molar-refractivity contribution in [2.24, 2.45) is 5.92 Å². The third-order valence-electron chi connectivity index (χ3n) is 4.92. The quantitative estimate of drug-likeness (QED) is 0.893. The summed E-state index contributed by atoms with van der Waals surface area (Å²) in [5, 5.41) is 6.15. The van der Waals surface area contributed by atoms with E-state index in [0.29, 0.717) is 18.7 Å². The molecule has 1 heterocycles. The van der Waals surface area contributed by atoms with Crippen LogP contribution in [0.5, 0.6) is 0 Å². The van der Waals surface area contributed by atoms with Crippen molar-refractivity contribution in [2.45, 2.75) is 37.3 Å². The Kier molecular flexibility index (Phi) is 4.36. The largest absolute Gasteiger partial charge is 0.416 e. The molecule has 0 radical (unpaired) electrons. The summed E-state index contributed by atoms with van der Waals surface area (Å²) in [5.41, 5.74) is -0.266. The standard InChI is InChI=1S/C17H21F3N2O/c18-17(19,20)14-5-1-4-13(9-14)16(6-7-16)11-22-15(23)12-3-2-8-21-10-12/h1,4-5,9,12,21H,2-3,6-8,10-11H2,(H,22,23). The van der Waals surface area contributed by atoms with Gasteiger partial charge in [0.15, 0.2) is 0 Å². The number of benzene rings is 1. The Labute approximate surface area is 133 Å². The number of hydrogen-bond acceptors (Lipinski definition) is 2. The summed E-state index contributed by atoms with van der Waals surface area (Å²) in [4.78, 5) is 12.2. The van der Waals surface area contributed by atoms with Gasteiger partial charge in [0.2, 0.25) is 5.91 Å². The van der Waals surface area contributed by atoms with Gasteiger partial charge in [-0.3, -0.25) is 4.79 Å². The Morgan fingerprint density at radius 1 is 1.35 bits per heavy atom. The molecule has 1 aliphatic carbocycles. The van der Waals surface area contributed by atoms with Gasteiger partial charge in [-0.1, -0.05) is 18.2 Å². The molecule has 3 nitrogen and oxygen atoms in total. The lowest BCUT2D eigenvalue weighted by atomic mass is 9.93. The molecular formula is C17H21F3N2O. The Morgan fingerprint density at radius 3 is 2.74 bits per heavy atom. The minimum atomic E-state index is -4.33. The smallest absolute Gasteiger partial charge is 0.355 e. The topological polar surface area (TPSA) is 41.1 Å². The normalized spacial score (nSPS) is 23.3. The number of carbonyl (C=O) groups is 1. The zero-order chi connectivity index (χ0) is 16.5. The van der Waals surface area contributed by atoms with Crippen molar-refractivity contribution in [2.75, 3.05) is 19.6 Å². The molecule has 0 aromatic heterocycles. The maximum Gasteiger partial charge on any atom is 0.416 e. The predicted molar refractivity (Wildman–Crippen MR) is 81.0 cm³/mol. The number of hydrogen-bond donors (Lipinski definition) is 2. The third kappa shape index (κ3) is 3.68. The number of piperidine rings is 1. The molecule has 1 aliphatic heterocycles. The average Bonchev–Trinajstić information content (AvgIpc) is 3.34. The fraction of sp³-hybridized carbons (Fsp3) is 0.588. The van der Waals surface area contributed by atoms with Crippen LogP contribution >= 0.6 is 0 Å². The predicted octanol–water partition coefficient (Wildman–Crippen LogP) is 2.85. The van der Waals surface area contributed by atoms with Crippen LogP contribution < -0.4 is 10.6 Å². The van der Waals surface area contributed by atoms with Crippen molar-refractivity contribution in [3.8, 4) is 0 Å². The van der Waals surface area contributed by atoms with E-state index in [1.165, 1.54) is 12.1 Å². The van der Waals surface area contributed by atoms with Gasteiger partial charge in [0.25, 0.3) is 0 Å². The Morgan fingerprint density at radius 2 is 2.13 bits per heavy atom. The zero-order valence-electron chi connectivity index (χ0n) is 12.9. The van der Waals surface area contributed by atoms with Gasteiger partial charge in [0.05, 0.1) is 11.5 Å². The van der Waals surface area contributed by atoms with Crippen molar-refractivity contribution in [3.05, 3.63) is 35.4 Å². The summed E-state index contributed by atoms with van der Waals surface area (Å²) >= 11 is 0. The van der Waals surface area contributed by atoms with E-state index in [4.69, 9.17) is 0 Å². The highest BCUT2D eigenvalue weighted by molar-refractivity contribution is 5.79. The monoisotopic (exact) mass is 326 g/mol. The van der Waals surface area contributed by atoms with Gasteiger partial charge in [-0.2, -0.15) is 13.2 Å². The van der Waals surface area contributed by atoms with Crippen molar-refractivity contribution in [1.82, 2.24) is 10.6 Å². The molecule has 6 heteroatoms. The molecular weight excluding hydrogens is 305 g/mol. The molecule has 126 valence electrons. The molecule has 0 bridgehead atoms. The fourth-order valence-electron chi connectivity index (χ4n) is 3.22. The van der Waals surface area contributed by atoms with Crippen LogP contribution in [0.15, 0.2) is 24.3 Å². The van der Waals surface area contributed by atoms with E-state index in [-0.39, 0.29) is 17.2 Å². The summed E-state index contributed by atoms with van der Waals surface area (Å²) in [6.45, 7) is 2.05. The van der Waals surface area contributed by atoms with Gasteiger partial charge in [-0.25, -0.2) is 0 Å². The van der Waals surface area contributed by atoms with Crippen LogP contribution in [-0.4, -0.2) is 25.5 Å². The summed E-state index contributed by atoms with van der Waals surface area (Å²) in [7, 11) is 0. The maximum absolute atomic E-state index is 12.9. The van der Waals surface area contributed by atoms with E-state index in [0.717, 1.165) is 38.3 Å². The molecule has 1 aromatic rings. The highest BCUT2D eigenvalue weighted by atomic mass is 19.4. The van der Waals surface area contributed by atoms with Gasteiger partial charge in [0, 0.05) is 18.5 Å². The minimum absolute atomic E-state index is 0.00968. The van der Waals surface area contributed by atoms with Gasteiger partial charge in [-0.15, -0.1) is 0 Å². The lowest BCUT2D eigenvalue weighted by molar-refractivity contribution is -0.137. The van der Waals surface area contributed by atoms with Crippen LogP contribution in [0.2, 0.25) is 0 Å². The van der Waals surface area contributed by atoms with E-state index >= 15 is 0 Å². The number of nitrogens with one attached hydrogen (secondary N) is 2. The fourth-order valence-corrected chi connectivity index (χ4v) is 3.22. The summed E-state index contributed by atoms with van der Waals surface area (Å²) in [6.07, 6.45) is -0.843. The maximum atomic E-state index is 12.9. The van der Waals surface area contributed by atoms with Crippen LogP contribution in [0.4, 0.5) is 13.2 Å². The molecule has 0 spiro atoms. The van der Waals surface area contributed by atoms with Crippen molar-refractivity contribution < 1.29 is 18.0 Å². The first-order chi connectivity index (χ1) is 10.9. The van der Waals surface area contributed by atoms with Gasteiger partial charge < -0.3 is 10.6 Å². The lowest BCUT2D eigenvalue weighted by Crippen LogP contribution is -2.42. The van der Waals surface area contributed by atoms with E-state index in [9.17, 15) is 18.0 Å². The first-order valence-corrected chi connectivity index (χ1v) is 8.07. The number of halogens is 3. The van der Waals surface area contributed by atoms with Gasteiger partial charge in [0.1, 0.15) is 0 Å². The Balaban J connectivity index is 1.65. The number of rotatable bonds is 4. The van der Waals surface area contributed by atoms with E-state index in [1.54, 1.807) is 6.07 Å². The van der Waals surface area contributed by atoms with E-state index in [2.05, 4.69) is 10.6 Å². The first-order valence-electron chi connectivity index (χ1n) is 8.07. The molecule has 1 amide bonds. The average molecular weight is 326 g/mol. The number of carbonyl (C=O) groups excluding carboxylic acids is 1. The molecule has 1 saturated heterocycles. The third-order valence-corrected chi connectivity index (χ3v) is 4.92. The second kappa shape index (κ2) is 6.15. The van der Waals surface area contributed by atoms with Crippen LogP contribution in [0.1, 0.15) is 36.8 Å².